The highest BCUT2D eigenvalue weighted by Gasteiger charge is 2.26. The highest BCUT2D eigenvalue weighted by Crippen LogP contribution is 2.34. The van der Waals surface area contributed by atoms with Crippen LogP contribution in [0.2, 0.25) is 0 Å². The Balaban J connectivity index is 1.32. The van der Waals surface area contributed by atoms with Crippen LogP contribution in [0.1, 0.15) is 34.5 Å². The summed E-state index contributed by atoms with van der Waals surface area (Å²) in [6.45, 7) is 6.34. The lowest BCUT2D eigenvalue weighted by atomic mass is 10.1. The Kier molecular flexibility index (Phi) is 6.62. The van der Waals surface area contributed by atoms with Gasteiger partial charge in [0.2, 0.25) is 0 Å². The van der Waals surface area contributed by atoms with Gasteiger partial charge in [-0.3, -0.25) is 9.69 Å². The molecule has 2 aliphatic heterocycles. The van der Waals surface area contributed by atoms with Crippen molar-refractivity contribution in [3.63, 3.8) is 0 Å². The molecule has 6 nitrogen and oxygen atoms in total. The van der Waals surface area contributed by atoms with E-state index in [4.69, 9.17) is 9.97 Å². The standard InChI is InChI=1S/C24H29N5OS2/c1-31-24-25-21(28-10-6-3-7-11-28)19-16-20(32-22(19)26-24)23(30)29-14-12-27(13-15-29)17-18-8-4-2-5-9-18/h2,4-5,8-9,16H,3,6-7,10-15,17H2,1H3. The molecule has 2 aromatic heterocycles. The van der Waals surface area contributed by atoms with Crippen molar-refractivity contribution >= 4 is 45.0 Å². The molecule has 3 aromatic rings. The van der Waals surface area contributed by atoms with Crippen molar-refractivity contribution in [1.29, 1.82) is 0 Å². The highest BCUT2D eigenvalue weighted by atomic mass is 32.2. The molecule has 2 aliphatic rings. The first kappa shape index (κ1) is 21.7. The minimum atomic E-state index is 0.127. The van der Waals surface area contributed by atoms with Crippen LogP contribution in [0.5, 0.6) is 0 Å². The van der Waals surface area contributed by atoms with E-state index in [9.17, 15) is 4.79 Å². The van der Waals surface area contributed by atoms with Gasteiger partial charge in [-0.1, -0.05) is 42.1 Å². The number of benzene rings is 1. The molecule has 0 spiro atoms. The molecule has 0 atom stereocenters. The summed E-state index contributed by atoms with van der Waals surface area (Å²) in [4.78, 5) is 31.4. The van der Waals surface area contributed by atoms with E-state index in [2.05, 4.69) is 34.1 Å². The molecule has 0 bridgehead atoms. The maximum Gasteiger partial charge on any atom is 0.264 e. The van der Waals surface area contributed by atoms with E-state index in [-0.39, 0.29) is 5.91 Å². The summed E-state index contributed by atoms with van der Waals surface area (Å²) < 4.78 is 0. The Bertz CT molecular complexity index is 1070. The first-order chi connectivity index (χ1) is 15.7. The molecule has 2 saturated heterocycles. The Labute approximate surface area is 197 Å². The zero-order valence-electron chi connectivity index (χ0n) is 18.5. The quantitative estimate of drug-likeness (QED) is 0.410. The number of piperidine rings is 1. The summed E-state index contributed by atoms with van der Waals surface area (Å²) in [6, 6.07) is 12.6. The third-order valence-corrected chi connectivity index (χ3v) is 7.87. The maximum atomic E-state index is 13.3. The van der Waals surface area contributed by atoms with Gasteiger partial charge in [-0.2, -0.15) is 0 Å². The van der Waals surface area contributed by atoms with Gasteiger partial charge in [-0.25, -0.2) is 9.97 Å². The van der Waals surface area contributed by atoms with Crippen LogP contribution >= 0.6 is 23.1 Å². The minimum absolute atomic E-state index is 0.127. The van der Waals surface area contributed by atoms with Gasteiger partial charge in [0.25, 0.3) is 5.91 Å². The van der Waals surface area contributed by atoms with Gasteiger partial charge in [0.05, 0.1) is 10.3 Å². The zero-order valence-corrected chi connectivity index (χ0v) is 20.1. The molecule has 5 rings (SSSR count). The average Bonchev–Trinajstić information content (AvgIpc) is 3.29. The summed E-state index contributed by atoms with van der Waals surface area (Å²) in [5.41, 5.74) is 1.32. The number of piperazine rings is 1. The molecule has 1 amide bonds. The van der Waals surface area contributed by atoms with Crippen molar-refractivity contribution in [3.8, 4) is 0 Å². The molecule has 1 aromatic carbocycles. The van der Waals surface area contributed by atoms with Gasteiger partial charge in [0, 0.05) is 45.8 Å². The number of aromatic nitrogens is 2. The molecule has 0 unspecified atom stereocenters. The SMILES string of the molecule is CSc1nc(N2CCCCC2)c2cc(C(=O)N3CCN(Cc4ccccc4)CC3)sc2n1. The van der Waals surface area contributed by atoms with Crippen molar-refractivity contribution in [2.75, 3.05) is 50.4 Å². The Morgan fingerprint density at radius 2 is 1.75 bits per heavy atom. The summed E-state index contributed by atoms with van der Waals surface area (Å²) >= 11 is 3.08. The summed E-state index contributed by atoms with van der Waals surface area (Å²) in [7, 11) is 0. The lowest BCUT2D eigenvalue weighted by molar-refractivity contribution is 0.0633. The van der Waals surface area contributed by atoms with E-state index in [1.165, 1.54) is 36.2 Å². The van der Waals surface area contributed by atoms with Crippen molar-refractivity contribution in [3.05, 3.63) is 46.8 Å². The Hall–Kier alpha value is -2.16. The molecule has 0 N–H and O–H groups in total. The van der Waals surface area contributed by atoms with Gasteiger partial charge >= 0.3 is 0 Å². The molecule has 4 heterocycles. The number of anilines is 1. The first-order valence-corrected chi connectivity index (χ1v) is 13.4. The molecule has 0 aliphatic carbocycles. The Morgan fingerprint density at radius 1 is 1.00 bits per heavy atom. The number of fused-ring (bicyclic) bond motifs is 1. The molecular weight excluding hydrogens is 438 g/mol. The fraction of sp³-hybridized carbons (Fsp3) is 0.458. The van der Waals surface area contributed by atoms with Crippen LogP contribution in [-0.4, -0.2) is 71.2 Å². The average molecular weight is 468 g/mol. The third kappa shape index (κ3) is 4.63. The minimum Gasteiger partial charge on any atom is -0.356 e. The topological polar surface area (TPSA) is 52.6 Å². The molecule has 32 heavy (non-hydrogen) atoms. The molecule has 168 valence electrons. The fourth-order valence-electron chi connectivity index (χ4n) is 4.54. The zero-order chi connectivity index (χ0) is 21.9. The van der Waals surface area contributed by atoms with Gasteiger partial charge < -0.3 is 9.80 Å². The third-order valence-electron chi connectivity index (χ3n) is 6.31. The molecule has 0 saturated carbocycles. The Morgan fingerprint density at radius 3 is 2.47 bits per heavy atom. The van der Waals surface area contributed by atoms with Crippen molar-refractivity contribution in [2.45, 2.75) is 31.0 Å². The van der Waals surface area contributed by atoms with Crippen molar-refractivity contribution in [2.24, 2.45) is 0 Å². The van der Waals surface area contributed by atoms with E-state index in [0.29, 0.717) is 0 Å². The smallest absolute Gasteiger partial charge is 0.264 e. The van der Waals surface area contributed by atoms with Gasteiger partial charge in [-0.05, 0) is 37.1 Å². The summed E-state index contributed by atoms with van der Waals surface area (Å²) in [6.07, 6.45) is 5.69. The van der Waals surface area contributed by atoms with Crippen molar-refractivity contribution < 1.29 is 4.79 Å². The number of hydrogen-bond donors (Lipinski definition) is 0. The van der Waals surface area contributed by atoms with E-state index < -0.39 is 0 Å². The second-order valence-corrected chi connectivity index (χ2v) is 10.3. The largest absolute Gasteiger partial charge is 0.356 e. The van der Waals surface area contributed by atoms with Gasteiger partial charge in [-0.15, -0.1) is 11.3 Å². The molecule has 0 radical (unpaired) electrons. The van der Waals surface area contributed by atoms with Crippen LogP contribution in [0.3, 0.4) is 0 Å². The predicted molar refractivity (Wildman–Crippen MR) is 133 cm³/mol. The number of hydrogen-bond acceptors (Lipinski definition) is 7. The van der Waals surface area contributed by atoms with Crippen LogP contribution in [0.15, 0.2) is 41.6 Å². The molecule has 8 heteroatoms. The second-order valence-electron chi connectivity index (χ2n) is 8.47. The van der Waals surface area contributed by atoms with Crippen molar-refractivity contribution in [1.82, 2.24) is 19.8 Å². The lowest BCUT2D eigenvalue weighted by Gasteiger charge is -2.34. The monoisotopic (exact) mass is 467 g/mol. The first-order valence-electron chi connectivity index (χ1n) is 11.4. The number of thioether (sulfide) groups is 1. The molecular formula is C24H29N5OS2. The summed E-state index contributed by atoms with van der Waals surface area (Å²) in [5.74, 6) is 1.13. The van der Waals surface area contributed by atoms with Crippen LogP contribution in [0, 0.1) is 0 Å². The van der Waals surface area contributed by atoms with Gasteiger partial charge in [0.1, 0.15) is 10.6 Å². The predicted octanol–water partition coefficient (Wildman–Crippen LogP) is 4.36. The maximum absolute atomic E-state index is 13.3. The van der Waals surface area contributed by atoms with Crippen LogP contribution < -0.4 is 4.90 Å². The number of carbonyl (C=O) groups is 1. The van der Waals surface area contributed by atoms with E-state index in [0.717, 1.165) is 71.9 Å². The number of amides is 1. The van der Waals surface area contributed by atoms with E-state index in [1.807, 2.05) is 23.3 Å². The number of nitrogens with zero attached hydrogens (tertiary/aromatic N) is 5. The lowest BCUT2D eigenvalue weighted by Crippen LogP contribution is -2.48. The highest BCUT2D eigenvalue weighted by molar-refractivity contribution is 7.98. The second kappa shape index (κ2) is 9.77. The van der Waals surface area contributed by atoms with Crippen LogP contribution in [-0.2, 0) is 6.54 Å². The number of rotatable bonds is 5. The van der Waals surface area contributed by atoms with Gasteiger partial charge in [0.15, 0.2) is 5.16 Å². The molecule has 2 fully saturated rings. The normalized spacial score (nSPS) is 17.8. The number of carbonyl (C=O) groups excluding carboxylic acids is 1. The number of thiophene rings is 1. The fourth-order valence-corrected chi connectivity index (χ4v) is 5.95. The van der Waals surface area contributed by atoms with E-state index in [1.54, 1.807) is 11.8 Å². The van der Waals surface area contributed by atoms with Crippen LogP contribution in [0.4, 0.5) is 5.82 Å². The van der Waals surface area contributed by atoms with E-state index >= 15 is 0 Å². The van der Waals surface area contributed by atoms with Crippen LogP contribution in [0.25, 0.3) is 10.2 Å². The summed E-state index contributed by atoms with van der Waals surface area (Å²) in [5, 5.41) is 1.81.